The molecule has 0 spiro atoms. The third kappa shape index (κ3) is 3.39. The van der Waals surface area contributed by atoms with Gasteiger partial charge < -0.3 is 13.9 Å². The molecule has 22 heavy (non-hydrogen) atoms. The Morgan fingerprint density at radius 2 is 2.23 bits per heavy atom. The van der Waals surface area contributed by atoms with E-state index in [2.05, 4.69) is 45.7 Å². The summed E-state index contributed by atoms with van der Waals surface area (Å²) < 4.78 is 7.34. The van der Waals surface area contributed by atoms with Crippen molar-refractivity contribution in [1.82, 2.24) is 24.6 Å². The molecule has 120 valence electrons. The largest absolute Gasteiger partial charge is 0.472 e. The van der Waals surface area contributed by atoms with Gasteiger partial charge in [-0.15, -0.1) is 10.2 Å². The van der Waals surface area contributed by atoms with E-state index in [0.29, 0.717) is 5.92 Å². The van der Waals surface area contributed by atoms with Crippen molar-refractivity contribution >= 4 is 0 Å². The minimum absolute atomic E-state index is 0.467. The second kappa shape index (κ2) is 6.62. The van der Waals surface area contributed by atoms with Gasteiger partial charge in [0, 0.05) is 31.6 Å². The van der Waals surface area contributed by atoms with Gasteiger partial charge in [0.2, 0.25) is 0 Å². The van der Waals surface area contributed by atoms with Crippen molar-refractivity contribution in [2.24, 2.45) is 7.05 Å². The van der Waals surface area contributed by atoms with Gasteiger partial charge in [-0.2, -0.15) is 0 Å². The van der Waals surface area contributed by atoms with E-state index < -0.39 is 0 Å². The number of furan rings is 1. The molecule has 0 radical (unpaired) electrons. The SMILES string of the molecule is CN(C)Cc1nnc([C@H]2CCCN(Cc3ccoc3)C2)n1C. The lowest BCUT2D eigenvalue weighted by Gasteiger charge is -2.31. The third-order valence-corrected chi connectivity index (χ3v) is 4.31. The van der Waals surface area contributed by atoms with Crippen molar-refractivity contribution < 1.29 is 4.42 Å². The topological polar surface area (TPSA) is 50.3 Å². The lowest BCUT2D eigenvalue weighted by Crippen LogP contribution is -2.34. The predicted molar refractivity (Wildman–Crippen MR) is 84.4 cm³/mol. The van der Waals surface area contributed by atoms with Crippen molar-refractivity contribution in [3.8, 4) is 0 Å². The highest BCUT2D eigenvalue weighted by molar-refractivity contribution is 5.07. The maximum Gasteiger partial charge on any atom is 0.146 e. The van der Waals surface area contributed by atoms with Crippen LogP contribution in [0, 0.1) is 0 Å². The number of aromatic nitrogens is 3. The van der Waals surface area contributed by atoms with Gasteiger partial charge in [-0.3, -0.25) is 4.90 Å². The number of nitrogens with zero attached hydrogens (tertiary/aromatic N) is 5. The molecule has 0 unspecified atom stereocenters. The smallest absolute Gasteiger partial charge is 0.146 e. The summed E-state index contributed by atoms with van der Waals surface area (Å²) in [4.78, 5) is 4.61. The van der Waals surface area contributed by atoms with Crippen LogP contribution in [0.25, 0.3) is 0 Å². The summed E-state index contributed by atoms with van der Waals surface area (Å²) in [5, 5.41) is 8.83. The summed E-state index contributed by atoms with van der Waals surface area (Å²) in [5.41, 5.74) is 1.24. The maximum atomic E-state index is 5.17. The Labute approximate surface area is 131 Å². The van der Waals surface area contributed by atoms with E-state index in [4.69, 9.17) is 4.42 Å². The molecule has 1 aliphatic rings. The van der Waals surface area contributed by atoms with Gasteiger partial charge in [-0.05, 0) is 39.5 Å². The standard InChI is InChI=1S/C16H25N5O/c1-19(2)11-15-17-18-16(20(15)3)14-5-4-7-21(10-14)9-13-6-8-22-12-13/h6,8,12,14H,4-5,7,9-11H2,1-3H3/t14-/m0/s1. The quantitative estimate of drug-likeness (QED) is 0.844. The van der Waals surface area contributed by atoms with Crippen molar-refractivity contribution in [3.63, 3.8) is 0 Å². The number of piperidine rings is 1. The van der Waals surface area contributed by atoms with Gasteiger partial charge in [-0.25, -0.2) is 0 Å². The predicted octanol–water partition coefficient (Wildman–Crippen LogP) is 1.85. The Morgan fingerprint density at radius 1 is 1.36 bits per heavy atom. The van der Waals surface area contributed by atoms with Crippen LogP contribution in [0.2, 0.25) is 0 Å². The first-order chi connectivity index (χ1) is 10.6. The molecule has 6 heteroatoms. The molecule has 0 saturated carbocycles. The lowest BCUT2D eigenvalue weighted by molar-refractivity contribution is 0.194. The van der Waals surface area contributed by atoms with Crippen LogP contribution >= 0.6 is 0 Å². The zero-order valence-corrected chi connectivity index (χ0v) is 13.7. The second-order valence-electron chi connectivity index (χ2n) is 6.48. The molecule has 1 saturated heterocycles. The highest BCUT2D eigenvalue weighted by atomic mass is 16.3. The van der Waals surface area contributed by atoms with Gasteiger partial charge in [0.15, 0.2) is 0 Å². The third-order valence-electron chi connectivity index (χ3n) is 4.31. The van der Waals surface area contributed by atoms with E-state index in [1.54, 1.807) is 6.26 Å². The summed E-state index contributed by atoms with van der Waals surface area (Å²) in [6.07, 6.45) is 5.97. The van der Waals surface area contributed by atoms with Crippen LogP contribution in [0.15, 0.2) is 23.0 Å². The Hall–Kier alpha value is -1.66. The van der Waals surface area contributed by atoms with Crippen LogP contribution in [0.1, 0.15) is 36.0 Å². The summed E-state index contributed by atoms with van der Waals surface area (Å²) >= 11 is 0. The molecule has 0 aliphatic carbocycles. The number of hydrogen-bond donors (Lipinski definition) is 0. The zero-order valence-electron chi connectivity index (χ0n) is 13.7. The second-order valence-corrected chi connectivity index (χ2v) is 6.48. The first-order valence-corrected chi connectivity index (χ1v) is 7.90. The molecular formula is C16H25N5O. The van der Waals surface area contributed by atoms with Crippen molar-refractivity contribution in [1.29, 1.82) is 0 Å². The van der Waals surface area contributed by atoms with Gasteiger partial charge in [-0.1, -0.05) is 0 Å². The zero-order chi connectivity index (χ0) is 15.5. The van der Waals surface area contributed by atoms with Crippen LogP contribution < -0.4 is 0 Å². The molecule has 1 fully saturated rings. The molecule has 1 atom stereocenters. The van der Waals surface area contributed by atoms with E-state index in [-0.39, 0.29) is 0 Å². The van der Waals surface area contributed by atoms with Crippen LogP contribution in [0.3, 0.4) is 0 Å². The number of likely N-dealkylation sites (tertiary alicyclic amines) is 1. The van der Waals surface area contributed by atoms with Gasteiger partial charge in [0.1, 0.15) is 11.6 Å². The van der Waals surface area contributed by atoms with Crippen LogP contribution in [0.5, 0.6) is 0 Å². The average molecular weight is 303 g/mol. The summed E-state index contributed by atoms with van der Waals surface area (Å²) in [5.74, 6) is 2.62. The van der Waals surface area contributed by atoms with E-state index >= 15 is 0 Å². The Morgan fingerprint density at radius 3 is 2.95 bits per heavy atom. The average Bonchev–Trinajstić information content (AvgIpc) is 3.10. The maximum absolute atomic E-state index is 5.17. The molecule has 3 rings (SSSR count). The molecule has 2 aromatic rings. The molecule has 6 nitrogen and oxygen atoms in total. The summed E-state index contributed by atoms with van der Waals surface area (Å²) in [6.45, 7) is 3.97. The van der Waals surface area contributed by atoms with Gasteiger partial charge in [0.05, 0.1) is 19.1 Å². The number of hydrogen-bond acceptors (Lipinski definition) is 5. The van der Waals surface area contributed by atoms with E-state index in [9.17, 15) is 0 Å². The summed E-state index contributed by atoms with van der Waals surface area (Å²) in [7, 11) is 6.20. The van der Waals surface area contributed by atoms with E-state index in [0.717, 1.165) is 37.8 Å². The molecule has 0 amide bonds. The Kier molecular flexibility index (Phi) is 4.59. The molecule has 1 aliphatic heterocycles. The first-order valence-electron chi connectivity index (χ1n) is 7.90. The van der Waals surface area contributed by atoms with Gasteiger partial charge >= 0.3 is 0 Å². The van der Waals surface area contributed by atoms with Crippen LogP contribution in [0.4, 0.5) is 0 Å². The van der Waals surface area contributed by atoms with Crippen LogP contribution in [-0.4, -0.2) is 51.7 Å². The highest BCUT2D eigenvalue weighted by Crippen LogP contribution is 2.26. The molecule has 3 heterocycles. The molecule has 2 aromatic heterocycles. The van der Waals surface area contributed by atoms with E-state index in [1.807, 2.05) is 12.3 Å². The van der Waals surface area contributed by atoms with Gasteiger partial charge in [0.25, 0.3) is 0 Å². The Balaban J connectivity index is 1.68. The molecule has 0 N–H and O–H groups in total. The fourth-order valence-corrected chi connectivity index (χ4v) is 3.20. The summed E-state index contributed by atoms with van der Waals surface area (Å²) in [6, 6.07) is 2.04. The number of rotatable bonds is 5. The molecule has 0 aromatic carbocycles. The monoisotopic (exact) mass is 303 g/mol. The fraction of sp³-hybridized carbons (Fsp3) is 0.625. The minimum Gasteiger partial charge on any atom is -0.472 e. The van der Waals surface area contributed by atoms with Crippen LogP contribution in [-0.2, 0) is 20.1 Å². The van der Waals surface area contributed by atoms with Crippen molar-refractivity contribution in [2.45, 2.75) is 31.8 Å². The molecular weight excluding hydrogens is 278 g/mol. The minimum atomic E-state index is 0.467. The Bertz CT molecular complexity index is 590. The van der Waals surface area contributed by atoms with Crippen molar-refractivity contribution in [2.75, 3.05) is 27.2 Å². The highest BCUT2D eigenvalue weighted by Gasteiger charge is 2.26. The first kappa shape index (κ1) is 15.2. The normalized spacial score (nSPS) is 19.9. The van der Waals surface area contributed by atoms with E-state index in [1.165, 1.54) is 18.4 Å². The molecule has 0 bridgehead atoms. The lowest BCUT2D eigenvalue weighted by atomic mass is 9.97. The van der Waals surface area contributed by atoms with Crippen molar-refractivity contribution in [3.05, 3.63) is 35.8 Å². The fourth-order valence-electron chi connectivity index (χ4n) is 3.20.